The molecular formula is C16H10F3IN2O. The molecule has 2 rings (SSSR count). The monoisotopic (exact) mass is 430 g/mol. The van der Waals surface area contributed by atoms with E-state index in [9.17, 15) is 18.0 Å². The third kappa shape index (κ3) is 4.01. The second-order valence-corrected chi connectivity index (χ2v) is 5.95. The van der Waals surface area contributed by atoms with E-state index in [4.69, 9.17) is 5.26 Å². The van der Waals surface area contributed by atoms with E-state index in [0.717, 1.165) is 21.3 Å². The van der Waals surface area contributed by atoms with E-state index >= 15 is 0 Å². The Labute approximate surface area is 144 Å². The highest BCUT2D eigenvalue weighted by Crippen LogP contribution is 2.33. The molecular weight excluding hydrogens is 420 g/mol. The van der Waals surface area contributed by atoms with Crippen LogP contribution in [-0.4, -0.2) is 5.91 Å². The summed E-state index contributed by atoms with van der Waals surface area (Å²) in [6.45, 7) is 1.89. The molecule has 0 heterocycles. The van der Waals surface area contributed by atoms with Crippen molar-refractivity contribution in [2.45, 2.75) is 13.1 Å². The van der Waals surface area contributed by atoms with Gasteiger partial charge in [0, 0.05) is 14.8 Å². The van der Waals surface area contributed by atoms with E-state index in [0.29, 0.717) is 5.56 Å². The lowest BCUT2D eigenvalue weighted by atomic mass is 10.1. The lowest BCUT2D eigenvalue weighted by molar-refractivity contribution is -0.137. The molecule has 0 aliphatic rings. The molecule has 118 valence electrons. The summed E-state index contributed by atoms with van der Waals surface area (Å²) in [5.41, 5.74) is -0.230. The molecule has 7 heteroatoms. The molecule has 1 N–H and O–H groups in total. The molecule has 0 bridgehead atoms. The minimum absolute atomic E-state index is 0.0168. The maximum Gasteiger partial charge on any atom is 0.417 e. The highest BCUT2D eigenvalue weighted by molar-refractivity contribution is 14.1. The number of anilines is 1. The predicted octanol–water partition coefficient (Wildman–Crippen LogP) is 4.74. The highest BCUT2D eigenvalue weighted by Gasteiger charge is 2.34. The van der Waals surface area contributed by atoms with Gasteiger partial charge in [-0.15, -0.1) is 0 Å². The Morgan fingerprint density at radius 2 is 1.91 bits per heavy atom. The van der Waals surface area contributed by atoms with Crippen LogP contribution in [0.3, 0.4) is 0 Å². The van der Waals surface area contributed by atoms with Crippen molar-refractivity contribution in [3.63, 3.8) is 0 Å². The van der Waals surface area contributed by atoms with Crippen LogP contribution in [0.2, 0.25) is 0 Å². The molecule has 0 aliphatic heterocycles. The number of carbonyl (C=O) groups is 1. The quantitative estimate of drug-likeness (QED) is 0.700. The fourth-order valence-electron chi connectivity index (χ4n) is 1.89. The van der Waals surface area contributed by atoms with Crippen LogP contribution in [0, 0.1) is 21.8 Å². The first-order chi connectivity index (χ1) is 10.7. The summed E-state index contributed by atoms with van der Waals surface area (Å²) in [4.78, 5) is 12.1. The first-order valence-electron chi connectivity index (χ1n) is 6.41. The lowest BCUT2D eigenvalue weighted by Crippen LogP contribution is -2.14. The molecule has 0 spiro atoms. The number of nitrogens with zero attached hydrogens (tertiary/aromatic N) is 1. The first-order valence-corrected chi connectivity index (χ1v) is 7.49. The molecule has 2 aromatic rings. The average Bonchev–Trinajstić information content (AvgIpc) is 2.49. The van der Waals surface area contributed by atoms with Crippen LogP contribution in [0.4, 0.5) is 18.9 Å². The number of nitriles is 1. The minimum Gasteiger partial charge on any atom is -0.322 e. The van der Waals surface area contributed by atoms with Crippen LogP contribution in [0.25, 0.3) is 0 Å². The van der Waals surface area contributed by atoms with Gasteiger partial charge in [-0.25, -0.2) is 0 Å². The van der Waals surface area contributed by atoms with Gasteiger partial charge in [-0.3, -0.25) is 4.79 Å². The number of hydrogen-bond acceptors (Lipinski definition) is 2. The van der Waals surface area contributed by atoms with Gasteiger partial charge in [0.1, 0.15) is 0 Å². The fraction of sp³-hybridized carbons (Fsp3) is 0.125. The number of amides is 1. The van der Waals surface area contributed by atoms with Gasteiger partial charge >= 0.3 is 6.18 Å². The predicted molar refractivity (Wildman–Crippen MR) is 88.0 cm³/mol. The zero-order valence-corrected chi connectivity index (χ0v) is 14.0. The van der Waals surface area contributed by atoms with Crippen molar-refractivity contribution >= 4 is 34.2 Å². The van der Waals surface area contributed by atoms with Crippen molar-refractivity contribution in [3.05, 3.63) is 62.2 Å². The number of hydrogen-bond donors (Lipinski definition) is 1. The third-order valence-corrected chi connectivity index (χ3v) is 4.30. The van der Waals surface area contributed by atoms with E-state index in [1.807, 2.05) is 6.92 Å². The zero-order valence-electron chi connectivity index (χ0n) is 11.8. The Morgan fingerprint density at radius 3 is 2.48 bits per heavy atom. The number of halogens is 4. The minimum atomic E-state index is -4.66. The van der Waals surface area contributed by atoms with E-state index in [1.54, 1.807) is 18.2 Å². The van der Waals surface area contributed by atoms with Gasteiger partial charge in [0.25, 0.3) is 5.91 Å². The molecule has 0 atom stereocenters. The summed E-state index contributed by atoms with van der Waals surface area (Å²) < 4.78 is 39.6. The fourth-order valence-corrected chi connectivity index (χ4v) is 2.41. The summed E-state index contributed by atoms with van der Waals surface area (Å²) in [5.74, 6) is -0.513. The Morgan fingerprint density at radius 1 is 1.22 bits per heavy atom. The van der Waals surface area contributed by atoms with E-state index < -0.39 is 23.2 Å². The van der Waals surface area contributed by atoms with Crippen molar-refractivity contribution in [2.24, 2.45) is 0 Å². The van der Waals surface area contributed by atoms with Gasteiger partial charge in [0.2, 0.25) is 0 Å². The van der Waals surface area contributed by atoms with Crippen LogP contribution in [0.15, 0.2) is 36.4 Å². The van der Waals surface area contributed by atoms with Crippen molar-refractivity contribution < 1.29 is 18.0 Å². The highest BCUT2D eigenvalue weighted by atomic mass is 127. The normalized spacial score (nSPS) is 11.0. The number of nitrogens with one attached hydrogen (secondary N) is 1. The second kappa shape index (κ2) is 6.58. The molecule has 0 saturated carbocycles. The standard InChI is InChI=1S/C16H10F3IN2O/c1-9-2-3-10(6-14(9)20)15(23)22-12-5-4-11(8-21)13(7-12)16(17,18)19/h2-7H,1H3,(H,22,23). The van der Waals surface area contributed by atoms with E-state index in [2.05, 4.69) is 27.9 Å². The molecule has 0 saturated heterocycles. The van der Waals surface area contributed by atoms with Gasteiger partial charge < -0.3 is 5.32 Å². The molecule has 23 heavy (non-hydrogen) atoms. The first kappa shape index (κ1) is 17.3. The summed E-state index contributed by atoms with van der Waals surface area (Å²) in [6, 6.07) is 9.57. The summed E-state index contributed by atoms with van der Waals surface area (Å²) in [7, 11) is 0. The molecule has 0 radical (unpaired) electrons. The van der Waals surface area contributed by atoms with Crippen LogP contribution >= 0.6 is 22.6 Å². The summed E-state index contributed by atoms with van der Waals surface area (Å²) in [6.07, 6.45) is -4.66. The maximum atomic E-state index is 12.9. The molecule has 2 aromatic carbocycles. The van der Waals surface area contributed by atoms with Crippen molar-refractivity contribution in [3.8, 4) is 6.07 Å². The maximum absolute atomic E-state index is 12.9. The van der Waals surface area contributed by atoms with E-state index in [-0.39, 0.29) is 5.69 Å². The van der Waals surface area contributed by atoms with Gasteiger partial charge in [0.15, 0.2) is 0 Å². The summed E-state index contributed by atoms with van der Waals surface area (Å²) in [5, 5.41) is 11.2. The zero-order chi connectivity index (χ0) is 17.2. The number of carbonyl (C=O) groups excluding carboxylic acids is 1. The SMILES string of the molecule is Cc1ccc(C(=O)Nc2ccc(C#N)c(C(F)(F)F)c2)cc1I. The number of alkyl halides is 3. The summed E-state index contributed by atoms with van der Waals surface area (Å²) >= 11 is 2.07. The van der Waals surface area contributed by atoms with Crippen LogP contribution in [0.5, 0.6) is 0 Å². The third-order valence-electron chi connectivity index (χ3n) is 3.14. The van der Waals surface area contributed by atoms with Gasteiger partial charge in [-0.05, 0) is 65.4 Å². The average molecular weight is 430 g/mol. The second-order valence-electron chi connectivity index (χ2n) is 4.79. The lowest BCUT2D eigenvalue weighted by Gasteiger charge is -2.12. The van der Waals surface area contributed by atoms with Crippen LogP contribution in [0.1, 0.15) is 27.0 Å². The van der Waals surface area contributed by atoms with Crippen molar-refractivity contribution in [1.82, 2.24) is 0 Å². The number of benzene rings is 2. The van der Waals surface area contributed by atoms with Gasteiger partial charge in [-0.2, -0.15) is 18.4 Å². The van der Waals surface area contributed by atoms with Gasteiger partial charge in [-0.1, -0.05) is 6.07 Å². The van der Waals surface area contributed by atoms with E-state index in [1.165, 1.54) is 12.1 Å². The molecule has 0 aliphatic carbocycles. The van der Waals surface area contributed by atoms with Crippen LogP contribution < -0.4 is 5.32 Å². The topological polar surface area (TPSA) is 52.9 Å². The number of aryl methyl sites for hydroxylation is 1. The molecule has 3 nitrogen and oxygen atoms in total. The smallest absolute Gasteiger partial charge is 0.322 e. The molecule has 0 fully saturated rings. The Bertz CT molecular complexity index is 810. The molecule has 1 amide bonds. The Hall–Kier alpha value is -2.08. The van der Waals surface area contributed by atoms with Crippen molar-refractivity contribution in [1.29, 1.82) is 5.26 Å². The Kier molecular flexibility index (Phi) is 4.94. The largest absolute Gasteiger partial charge is 0.417 e. The van der Waals surface area contributed by atoms with Gasteiger partial charge in [0.05, 0.1) is 17.2 Å². The number of rotatable bonds is 2. The van der Waals surface area contributed by atoms with Crippen molar-refractivity contribution in [2.75, 3.05) is 5.32 Å². The Balaban J connectivity index is 2.31. The molecule has 0 unspecified atom stereocenters. The van der Waals surface area contributed by atoms with Crippen LogP contribution in [-0.2, 0) is 6.18 Å². The molecule has 0 aromatic heterocycles.